The van der Waals surface area contributed by atoms with Crippen molar-refractivity contribution in [3.8, 4) is 0 Å². The minimum absolute atomic E-state index is 0.360. The van der Waals surface area contributed by atoms with E-state index in [0.29, 0.717) is 18.2 Å². The molecule has 0 aliphatic heterocycles. The van der Waals surface area contributed by atoms with Gasteiger partial charge in [0.2, 0.25) is 0 Å². The first-order chi connectivity index (χ1) is 6.74. The topological polar surface area (TPSA) is 21.3 Å². The highest BCUT2D eigenvalue weighted by Gasteiger charge is 2.24. The van der Waals surface area contributed by atoms with E-state index in [1.54, 1.807) is 0 Å². The van der Waals surface area contributed by atoms with Gasteiger partial charge in [-0.15, -0.1) is 0 Å². The van der Waals surface area contributed by atoms with Gasteiger partial charge in [-0.25, -0.2) is 0 Å². The molecular weight excluding hydrogens is 174 g/mol. The molecule has 0 radical (unpaired) electrons. The Morgan fingerprint density at radius 3 is 2.57 bits per heavy atom. The number of hydrogen-bond donors (Lipinski definition) is 1. The van der Waals surface area contributed by atoms with Crippen LogP contribution in [0.2, 0.25) is 0 Å². The molecule has 0 aromatic carbocycles. The van der Waals surface area contributed by atoms with E-state index in [1.807, 2.05) is 0 Å². The van der Waals surface area contributed by atoms with Crippen molar-refractivity contribution < 1.29 is 4.74 Å². The second kappa shape index (κ2) is 6.41. The molecule has 0 unspecified atom stereocenters. The Morgan fingerprint density at radius 2 is 1.93 bits per heavy atom. The molecule has 0 aromatic heterocycles. The van der Waals surface area contributed by atoms with Gasteiger partial charge < -0.3 is 10.1 Å². The van der Waals surface area contributed by atoms with Crippen LogP contribution in [0.25, 0.3) is 0 Å². The second-order valence-corrected chi connectivity index (χ2v) is 4.53. The molecule has 1 saturated carbocycles. The van der Waals surface area contributed by atoms with Gasteiger partial charge >= 0.3 is 0 Å². The average molecular weight is 199 g/mol. The summed E-state index contributed by atoms with van der Waals surface area (Å²) in [6.45, 7) is 7.50. The minimum atomic E-state index is 0.360. The third-order valence-corrected chi connectivity index (χ3v) is 2.87. The summed E-state index contributed by atoms with van der Waals surface area (Å²) >= 11 is 0. The Kier molecular flexibility index (Phi) is 5.49. The predicted molar refractivity (Wildman–Crippen MR) is 60.6 cm³/mol. The summed E-state index contributed by atoms with van der Waals surface area (Å²) in [4.78, 5) is 0. The summed E-state index contributed by atoms with van der Waals surface area (Å²) in [5.74, 6) is 0. The zero-order chi connectivity index (χ0) is 10.4. The zero-order valence-electron chi connectivity index (χ0n) is 9.88. The van der Waals surface area contributed by atoms with E-state index in [1.165, 1.54) is 32.1 Å². The summed E-state index contributed by atoms with van der Waals surface area (Å²) in [5, 5.41) is 3.55. The third-order valence-electron chi connectivity index (χ3n) is 2.87. The molecule has 0 amide bonds. The third kappa shape index (κ3) is 3.97. The van der Waals surface area contributed by atoms with Gasteiger partial charge in [-0.2, -0.15) is 0 Å². The first kappa shape index (κ1) is 12.0. The monoisotopic (exact) mass is 199 g/mol. The van der Waals surface area contributed by atoms with Crippen LogP contribution in [0.1, 0.15) is 52.9 Å². The van der Waals surface area contributed by atoms with Crippen molar-refractivity contribution in [2.75, 3.05) is 6.54 Å². The van der Waals surface area contributed by atoms with Crippen LogP contribution in [0, 0.1) is 0 Å². The summed E-state index contributed by atoms with van der Waals surface area (Å²) in [5.41, 5.74) is 0. The first-order valence-corrected chi connectivity index (χ1v) is 6.13. The molecule has 1 aliphatic rings. The summed E-state index contributed by atoms with van der Waals surface area (Å²) in [7, 11) is 0. The Bertz CT molecular complexity index is 147. The maximum absolute atomic E-state index is 5.97. The van der Waals surface area contributed by atoms with Crippen molar-refractivity contribution in [3.63, 3.8) is 0 Å². The smallest absolute Gasteiger partial charge is 0.0731 e. The van der Waals surface area contributed by atoms with Crippen LogP contribution in [-0.4, -0.2) is 24.8 Å². The average Bonchev–Trinajstić information content (AvgIpc) is 2.32. The van der Waals surface area contributed by atoms with E-state index >= 15 is 0 Å². The molecule has 84 valence electrons. The molecule has 2 heteroatoms. The van der Waals surface area contributed by atoms with Gasteiger partial charge in [-0.05, 0) is 33.2 Å². The Morgan fingerprint density at radius 1 is 1.21 bits per heavy atom. The fourth-order valence-electron chi connectivity index (χ4n) is 2.28. The van der Waals surface area contributed by atoms with Crippen molar-refractivity contribution in [1.29, 1.82) is 0 Å². The molecule has 2 nitrogen and oxygen atoms in total. The van der Waals surface area contributed by atoms with Crippen molar-refractivity contribution in [3.05, 3.63) is 0 Å². The number of likely N-dealkylation sites (N-methyl/N-ethyl adjacent to an activating group) is 1. The summed E-state index contributed by atoms with van der Waals surface area (Å²) < 4.78 is 5.97. The van der Waals surface area contributed by atoms with Crippen LogP contribution in [0.4, 0.5) is 0 Å². The largest absolute Gasteiger partial charge is 0.374 e. The van der Waals surface area contributed by atoms with E-state index in [2.05, 4.69) is 26.1 Å². The lowest BCUT2D eigenvalue weighted by Crippen LogP contribution is -2.41. The lowest BCUT2D eigenvalue weighted by Gasteiger charge is -2.27. The van der Waals surface area contributed by atoms with E-state index in [-0.39, 0.29) is 0 Å². The predicted octanol–water partition coefficient (Wildman–Crippen LogP) is 2.72. The molecule has 1 N–H and O–H groups in total. The Hall–Kier alpha value is -0.0800. The van der Waals surface area contributed by atoms with Gasteiger partial charge in [-0.1, -0.05) is 26.2 Å². The highest BCUT2D eigenvalue weighted by atomic mass is 16.5. The van der Waals surface area contributed by atoms with Gasteiger partial charge in [0, 0.05) is 6.04 Å². The lowest BCUT2D eigenvalue weighted by molar-refractivity contribution is -0.0168. The van der Waals surface area contributed by atoms with Crippen LogP contribution in [0.15, 0.2) is 0 Å². The molecule has 2 atom stereocenters. The molecule has 0 saturated heterocycles. The highest BCUT2D eigenvalue weighted by Crippen LogP contribution is 2.21. The molecule has 1 aliphatic carbocycles. The molecule has 1 rings (SSSR count). The van der Waals surface area contributed by atoms with Gasteiger partial charge in [0.25, 0.3) is 0 Å². The van der Waals surface area contributed by atoms with Gasteiger partial charge in [0.15, 0.2) is 0 Å². The molecule has 0 heterocycles. The molecule has 14 heavy (non-hydrogen) atoms. The van der Waals surface area contributed by atoms with Crippen LogP contribution < -0.4 is 5.32 Å². The Balaban J connectivity index is 2.45. The fraction of sp³-hybridized carbons (Fsp3) is 1.00. The standard InChI is InChI=1S/C12H25NO/c1-4-13-11-8-6-5-7-9-12(11)14-10(2)3/h10-13H,4-9H2,1-3H3/t11-,12+/m0/s1. The van der Waals surface area contributed by atoms with Gasteiger partial charge in [-0.3, -0.25) is 0 Å². The maximum Gasteiger partial charge on any atom is 0.0731 e. The number of hydrogen-bond acceptors (Lipinski definition) is 2. The number of rotatable bonds is 4. The fourth-order valence-corrected chi connectivity index (χ4v) is 2.28. The summed E-state index contributed by atoms with van der Waals surface area (Å²) in [6, 6.07) is 0.588. The van der Waals surface area contributed by atoms with E-state index in [0.717, 1.165) is 6.54 Å². The minimum Gasteiger partial charge on any atom is -0.374 e. The van der Waals surface area contributed by atoms with E-state index < -0.39 is 0 Å². The molecule has 0 aromatic rings. The van der Waals surface area contributed by atoms with Crippen molar-refractivity contribution in [2.45, 2.75) is 71.1 Å². The van der Waals surface area contributed by atoms with Crippen LogP contribution in [-0.2, 0) is 4.74 Å². The zero-order valence-corrected chi connectivity index (χ0v) is 9.88. The Labute approximate surface area is 88.4 Å². The van der Waals surface area contributed by atoms with Crippen molar-refractivity contribution >= 4 is 0 Å². The van der Waals surface area contributed by atoms with E-state index in [4.69, 9.17) is 4.74 Å². The number of ether oxygens (including phenoxy) is 1. The highest BCUT2D eigenvalue weighted by molar-refractivity contribution is 4.80. The van der Waals surface area contributed by atoms with Crippen molar-refractivity contribution in [1.82, 2.24) is 5.32 Å². The van der Waals surface area contributed by atoms with Crippen molar-refractivity contribution in [2.24, 2.45) is 0 Å². The van der Waals surface area contributed by atoms with E-state index in [9.17, 15) is 0 Å². The molecular formula is C12H25NO. The lowest BCUT2D eigenvalue weighted by atomic mass is 10.1. The first-order valence-electron chi connectivity index (χ1n) is 6.13. The summed E-state index contributed by atoms with van der Waals surface area (Å²) in [6.07, 6.45) is 7.38. The SMILES string of the molecule is CCN[C@H]1CCCCC[C@H]1OC(C)C. The normalized spacial score (nSPS) is 29.1. The maximum atomic E-state index is 5.97. The van der Waals surface area contributed by atoms with Crippen LogP contribution in [0.5, 0.6) is 0 Å². The van der Waals surface area contributed by atoms with Crippen LogP contribution in [0.3, 0.4) is 0 Å². The quantitative estimate of drug-likeness (QED) is 0.703. The van der Waals surface area contributed by atoms with Gasteiger partial charge in [0.05, 0.1) is 12.2 Å². The van der Waals surface area contributed by atoms with Crippen LogP contribution >= 0.6 is 0 Å². The molecule has 1 fully saturated rings. The molecule has 0 bridgehead atoms. The second-order valence-electron chi connectivity index (χ2n) is 4.53. The molecule has 0 spiro atoms. The van der Waals surface area contributed by atoms with Gasteiger partial charge in [0.1, 0.15) is 0 Å². The number of nitrogens with one attached hydrogen (secondary N) is 1.